The van der Waals surface area contributed by atoms with E-state index in [-0.39, 0.29) is 24.5 Å². The summed E-state index contributed by atoms with van der Waals surface area (Å²) in [5.74, 6) is -0.969. The summed E-state index contributed by atoms with van der Waals surface area (Å²) < 4.78 is 5.66. The van der Waals surface area contributed by atoms with Gasteiger partial charge in [-0.1, -0.05) is 37.3 Å². The minimum absolute atomic E-state index is 0.144. The van der Waals surface area contributed by atoms with Gasteiger partial charge in [0.05, 0.1) is 5.56 Å². The van der Waals surface area contributed by atoms with Gasteiger partial charge in [0.25, 0.3) is 0 Å². The topological polar surface area (TPSA) is 83.8 Å². The van der Waals surface area contributed by atoms with E-state index in [1.165, 1.54) is 0 Å². The average molecular weight is 328 g/mol. The summed E-state index contributed by atoms with van der Waals surface area (Å²) in [5.41, 5.74) is 1.90. The van der Waals surface area contributed by atoms with Gasteiger partial charge in [0.15, 0.2) is 0 Å². The first-order valence-electron chi connectivity index (χ1n) is 7.73. The standard InChI is InChI=1S/C19H20O5/c1-13(6-11-18(20)21)14-7-9-16(10-8-14)24-12-15-4-2-3-5-17(15)19(22)23/h2-5,7-10,13H,6,11-12H2,1H3,(H,20,21)(H,22,23). The first kappa shape index (κ1) is 17.5. The molecule has 0 amide bonds. The fourth-order valence-corrected chi connectivity index (χ4v) is 2.42. The van der Waals surface area contributed by atoms with Gasteiger partial charge in [-0.3, -0.25) is 4.79 Å². The molecular weight excluding hydrogens is 308 g/mol. The van der Waals surface area contributed by atoms with Crippen LogP contribution >= 0.6 is 0 Å². The summed E-state index contributed by atoms with van der Waals surface area (Å²) in [4.78, 5) is 21.8. The molecule has 2 aromatic rings. The number of benzene rings is 2. The smallest absolute Gasteiger partial charge is 0.336 e. The van der Waals surface area contributed by atoms with Crippen LogP contribution in [-0.4, -0.2) is 22.2 Å². The van der Waals surface area contributed by atoms with E-state index in [1.807, 2.05) is 31.2 Å². The first-order chi connectivity index (χ1) is 11.5. The fraction of sp³-hybridized carbons (Fsp3) is 0.263. The summed E-state index contributed by atoms with van der Waals surface area (Å²) in [6, 6.07) is 14.2. The number of carboxylic acids is 2. The molecule has 2 rings (SSSR count). The monoisotopic (exact) mass is 328 g/mol. The van der Waals surface area contributed by atoms with Crippen LogP contribution in [0.4, 0.5) is 0 Å². The van der Waals surface area contributed by atoms with Gasteiger partial charge in [-0.05, 0) is 36.1 Å². The van der Waals surface area contributed by atoms with Crippen molar-refractivity contribution in [3.63, 3.8) is 0 Å². The number of aromatic carboxylic acids is 1. The number of aliphatic carboxylic acids is 1. The second kappa shape index (κ2) is 8.15. The predicted molar refractivity (Wildman–Crippen MR) is 89.5 cm³/mol. The van der Waals surface area contributed by atoms with Crippen molar-refractivity contribution in [2.45, 2.75) is 32.3 Å². The minimum atomic E-state index is -0.975. The molecule has 0 fully saturated rings. The lowest BCUT2D eigenvalue weighted by Gasteiger charge is -2.12. The Balaban J connectivity index is 1.97. The minimum Gasteiger partial charge on any atom is -0.489 e. The highest BCUT2D eigenvalue weighted by Crippen LogP contribution is 2.23. The molecule has 1 unspecified atom stereocenters. The van der Waals surface area contributed by atoms with Crippen molar-refractivity contribution in [3.8, 4) is 5.75 Å². The maximum Gasteiger partial charge on any atom is 0.336 e. The third kappa shape index (κ3) is 4.84. The lowest BCUT2D eigenvalue weighted by molar-refractivity contribution is -0.137. The van der Waals surface area contributed by atoms with Crippen LogP contribution in [0.1, 0.15) is 47.2 Å². The van der Waals surface area contributed by atoms with Crippen LogP contribution in [0.3, 0.4) is 0 Å². The molecule has 126 valence electrons. The molecule has 2 N–H and O–H groups in total. The molecule has 0 heterocycles. The number of hydrogen-bond acceptors (Lipinski definition) is 3. The quantitative estimate of drug-likeness (QED) is 0.767. The first-order valence-corrected chi connectivity index (χ1v) is 7.73. The largest absolute Gasteiger partial charge is 0.489 e. The number of carboxylic acid groups (broad SMARTS) is 2. The molecular formula is C19H20O5. The van der Waals surface area contributed by atoms with Gasteiger partial charge in [-0.25, -0.2) is 4.79 Å². The van der Waals surface area contributed by atoms with Gasteiger partial charge in [-0.2, -0.15) is 0 Å². The van der Waals surface area contributed by atoms with E-state index in [9.17, 15) is 9.59 Å². The Morgan fingerprint density at radius 3 is 2.33 bits per heavy atom. The molecule has 0 spiro atoms. The van der Waals surface area contributed by atoms with Crippen LogP contribution in [-0.2, 0) is 11.4 Å². The lowest BCUT2D eigenvalue weighted by atomic mass is 9.96. The fourth-order valence-electron chi connectivity index (χ4n) is 2.42. The van der Waals surface area contributed by atoms with E-state index in [2.05, 4.69) is 0 Å². The Hall–Kier alpha value is -2.82. The zero-order valence-corrected chi connectivity index (χ0v) is 13.4. The molecule has 0 aliphatic rings. The molecule has 0 saturated carbocycles. The molecule has 0 bridgehead atoms. The second-order valence-corrected chi connectivity index (χ2v) is 5.65. The van der Waals surface area contributed by atoms with Crippen LogP contribution in [0.2, 0.25) is 0 Å². The van der Waals surface area contributed by atoms with Gasteiger partial charge in [0.1, 0.15) is 12.4 Å². The molecule has 0 saturated heterocycles. The Kier molecular flexibility index (Phi) is 5.95. The van der Waals surface area contributed by atoms with Crippen molar-refractivity contribution >= 4 is 11.9 Å². The third-order valence-electron chi connectivity index (χ3n) is 3.88. The molecule has 24 heavy (non-hydrogen) atoms. The van der Waals surface area contributed by atoms with Gasteiger partial charge >= 0.3 is 11.9 Å². The Morgan fingerprint density at radius 2 is 1.71 bits per heavy atom. The maximum atomic E-state index is 11.2. The SMILES string of the molecule is CC(CCC(=O)O)c1ccc(OCc2ccccc2C(=O)O)cc1. The van der Waals surface area contributed by atoms with Crippen LogP contribution in [0.25, 0.3) is 0 Å². The Labute approximate surface area is 140 Å². The molecule has 0 aliphatic heterocycles. The van der Waals surface area contributed by atoms with E-state index in [4.69, 9.17) is 14.9 Å². The molecule has 0 radical (unpaired) electrons. The number of hydrogen-bond donors (Lipinski definition) is 2. The molecule has 5 nitrogen and oxygen atoms in total. The van der Waals surface area contributed by atoms with Crippen LogP contribution in [0.15, 0.2) is 48.5 Å². The predicted octanol–water partition coefficient (Wildman–Crippen LogP) is 3.93. The molecule has 5 heteroatoms. The van der Waals surface area contributed by atoms with Crippen molar-refractivity contribution in [2.24, 2.45) is 0 Å². The second-order valence-electron chi connectivity index (χ2n) is 5.65. The van der Waals surface area contributed by atoms with Crippen LogP contribution in [0, 0.1) is 0 Å². The Bertz CT molecular complexity index is 706. The zero-order valence-electron chi connectivity index (χ0n) is 13.4. The van der Waals surface area contributed by atoms with Crippen LogP contribution in [0.5, 0.6) is 5.75 Å². The summed E-state index contributed by atoms with van der Waals surface area (Å²) in [6.45, 7) is 2.16. The number of carbonyl (C=O) groups is 2. The van der Waals surface area contributed by atoms with Crippen molar-refractivity contribution in [1.29, 1.82) is 0 Å². The summed E-state index contributed by atoms with van der Waals surface area (Å²) >= 11 is 0. The number of ether oxygens (including phenoxy) is 1. The summed E-state index contributed by atoms with van der Waals surface area (Å²) in [5, 5.41) is 17.9. The highest BCUT2D eigenvalue weighted by molar-refractivity contribution is 5.89. The van der Waals surface area contributed by atoms with Gasteiger partial charge in [0, 0.05) is 12.0 Å². The number of rotatable bonds is 8. The van der Waals surface area contributed by atoms with Crippen molar-refractivity contribution < 1.29 is 24.5 Å². The lowest BCUT2D eigenvalue weighted by Crippen LogP contribution is -2.05. The van der Waals surface area contributed by atoms with E-state index < -0.39 is 11.9 Å². The highest BCUT2D eigenvalue weighted by Gasteiger charge is 2.10. The Morgan fingerprint density at radius 1 is 1.04 bits per heavy atom. The van der Waals surface area contributed by atoms with E-state index in [1.54, 1.807) is 24.3 Å². The van der Waals surface area contributed by atoms with Crippen molar-refractivity contribution in [3.05, 3.63) is 65.2 Å². The van der Waals surface area contributed by atoms with Crippen LogP contribution < -0.4 is 4.74 Å². The van der Waals surface area contributed by atoms with Gasteiger partial charge in [0.2, 0.25) is 0 Å². The summed E-state index contributed by atoms with van der Waals surface area (Å²) in [6.07, 6.45) is 0.729. The molecule has 0 aromatic heterocycles. The van der Waals surface area contributed by atoms with E-state index in [0.717, 1.165) is 5.56 Å². The molecule has 2 aromatic carbocycles. The van der Waals surface area contributed by atoms with Crippen molar-refractivity contribution in [1.82, 2.24) is 0 Å². The zero-order chi connectivity index (χ0) is 17.5. The third-order valence-corrected chi connectivity index (χ3v) is 3.88. The van der Waals surface area contributed by atoms with E-state index in [0.29, 0.717) is 17.7 Å². The summed E-state index contributed by atoms with van der Waals surface area (Å²) in [7, 11) is 0. The maximum absolute atomic E-state index is 11.2. The molecule has 0 aliphatic carbocycles. The van der Waals surface area contributed by atoms with Gasteiger partial charge in [-0.15, -0.1) is 0 Å². The normalized spacial score (nSPS) is 11.7. The highest BCUT2D eigenvalue weighted by atomic mass is 16.5. The molecule has 1 atom stereocenters. The average Bonchev–Trinajstić information content (AvgIpc) is 2.58. The van der Waals surface area contributed by atoms with Crippen molar-refractivity contribution in [2.75, 3.05) is 0 Å². The van der Waals surface area contributed by atoms with E-state index >= 15 is 0 Å². The van der Waals surface area contributed by atoms with Gasteiger partial charge < -0.3 is 14.9 Å².